The van der Waals surface area contributed by atoms with Gasteiger partial charge in [-0.05, 0) is 49.4 Å². The molecule has 0 atom stereocenters. The topological polar surface area (TPSA) is 68.3 Å². The fraction of sp³-hybridized carbons (Fsp3) is 0.0526. The van der Waals surface area contributed by atoms with E-state index in [-0.39, 0.29) is 5.91 Å². The van der Waals surface area contributed by atoms with Gasteiger partial charge >= 0.3 is 0 Å². The Balaban J connectivity index is 1.56. The number of para-hydroxylation sites is 2. The molecule has 0 radical (unpaired) electrons. The number of oxazole rings is 1. The maximum Gasteiger partial charge on any atom is 0.259 e. The number of carbonyl (C=O) groups is 1. The summed E-state index contributed by atoms with van der Waals surface area (Å²) in [4.78, 5) is 16.6. The number of aryl methyl sites for hydroxylation is 1. The number of nitrogens with one attached hydrogen (secondary N) is 1. The van der Waals surface area contributed by atoms with Crippen molar-refractivity contribution in [1.82, 2.24) is 4.98 Å². The van der Waals surface area contributed by atoms with Gasteiger partial charge < -0.3 is 14.2 Å². The van der Waals surface area contributed by atoms with Crippen LogP contribution in [0.5, 0.6) is 0 Å². The van der Waals surface area contributed by atoms with Crippen molar-refractivity contribution in [3.63, 3.8) is 0 Å². The first-order valence-electron chi connectivity index (χ1n) is 7.52. The molecule has 5 heteroatoms. The maximum absolute atomic E-state index is 12.2. The van der Waals surface area contributed by atoms with Crippen molar-refractivity contribution in [1.29, 1.82) is 0 Å². The number of carbonyl (C=O) groups excluding carboxylic acids is 1. The molecule has 24 heavy (non-hydrogen) atoms. The standard InChI is InChI=1S/C19H14N2O3/c1-12-15(10-11-23-12)18(22)20-14-8-6-13(7-9-14)19-21-16-4-2-3-5-17(16)24-19/h2-11H,1H3,(H,20,22). The number of hydrogen-bond acceptors (Lipinski definition) is 4. The largest absolute Gasteiger partial charge is 0.469 e. The molecule has 0 fully saturated rings. The zero-order valence-electron chi connectivity index (χ0n) is 12.9. The van der Waals surface area contributed by atoms with E-state index < -0.39 is 0 Å². The third kappa shape index (κ3) is 2.56. The van der Waals surface area contributed by atoms with Crippen LogP contribution in [0.1, 0.15) is 16.1 Å². The van der Waals surface area contributed by atoms with Gasteiger partial charge in [-0.1, -0.05) is 12.1 Å². The molecule has 0 saturated heterocycles. The zero-order valence-corrected chi connectivity index (χ0v) is 12.9. The van der Waals surface area contributed by atoms with Crippen LogP contribution in [0, 0.1) is 6.92 Å². The number of nitrogens with zero attached hydrogens (tertiary/aromatic N) is 1. The van der Waals surface area contributed by atoms with E-state index in [1.807, 2.05) is 48.5 Å². The second-order valence-corrected chi connectivity index (χ2v) is 5.41. The molecule has 1 amide bonds. The quantitative estimate of drug-likeness (QED) is 0.597. The summed E-state index contributed by atoms with van der Waals surface area (Å²) in [7, 11) is 0. The van der Waals surface area contributed by atoms with Gasteiger partial charge in [0.1, 0.15) is 11.3 Å². The molecule has 0 unspecified atom stereocenters. The molecular formula is C19H14N2O3. The van der Waals surface area contributed by atoms with Crippen molar-refractivity contribution >= 4 is 22.7 Å². The van der Waals surface area contributed by atoms with Crippen LogP contribution in [-0.2, 0) is 0 Å². The minimum absolute atomic E-state index is 0.198. The van der Waals surface area contributed by atoms with E-state index in [4.69, 9.17) is 8.83 Å². The summed E-state index contributed by atoms with van der Waals surface area (Å²) in [6.45, 7) is 1.76. The molecule has 0 aliphatic heterocycles. The Bertz CT molecular complexity index is 979. The second kappa shape index (κ2) is 5.70. The number of amides is 1. The first-order valence-corrected chi connectivity index (χ1v) is 7.52. The van der Waals surface area contributed by atoms with Gasteiger partial charge in [-0.15, -0.1) is 0 Å². The molecule has 0 aliphatic carbocycles. The minimum atomic E-state index is -0.198. The second-order valence-electron chi connectivity index (χ2n) is 5.41. The highest BCUT2D eigenvalue weighted by atomic mass is 16.3. The number of aromatic nitrogens is 1. The van der Waals surface area contributed by atoms with Gasteiger partial charge in [0, 0.05) is 11.3 Å². The molecule has 0 bridgehead atoms. The van der Waals surface area contributed by atoms with Crippen molar-refractivity contribution < 1.29 is 13.6 Å². The molecule has 2 aromatic carbocycles. The first kappa shape index (κ1) is 14.3. The van der Waals surface area contributed by atoms with Crippen LogP contribution in [0.4, 0.5) is 5.69 Å². The van der Waals surface area contributed by atoms with Crippen molar-refractivity contribution in [2.24, 2.45) is 0 Å². The Kier molecular flexibility index (Phi) is 3.39. The summed E-state index contributed by atoms with van der Waals surface area (Å²) in [5.74, 6) is 0.950. The van der Waals surface area contributed by atoms with Gasteiger partial charge in [-0.25, -0.2) is 4.98 Å². The van der Waals surface area contributed by atoms with E-state index >= 15 is 0 Å². The summed E-state index contributed by atoms with van der Waals surface area (Å²) in [6.07, 6.45) is 1.50. The van der Waals surface area contributed by atoms with E-state index in [0.717, 1.165) is 16.7 Å². The monoisotopic (exact) mass is 318 g/mol. The van der Waals surface area contributed by atoms with Crippen LogP contribution >= 0.6 is 0 Å². The van der Waals surface area contributed by atoms with E-state index in [1.165, 1.54) is 6.26 Å². The lowest BCUT2D eigenvalue weighted by molar-refractivity contribution is 0.102. The third-order valence-electron chi connectivity index (χ3n) is 3.79. The van der Waals surface area contributed by atoms with Gasteiger partial charge in [0.15, 0.2) is 5.58 Å². The van der Waals surface area contributed by atoms with Crippen LogP contribution in [0.2, 0.25) is 0 Å². The number of fused-ring (bicyclic) bond motifs is 1. The molecule has 0 aliphatic rings. The lowest BCUT2D eigenvalue weighted by atomic mass is 10.2. The van der Waals surface area contributed by atoms with Crippen molar-refractivity contribution in [2.45, 2.75) is 6.92 Å². The fourth-order valence-corrected chi connectivity index (χ4v) is 2.51. The molecule has 0 saturated carbocycles. The van der Waals surface area contributed by atoms with Gasteiger partial charge in [-0.2, -0.15) is 0 Å². The van der Waals surface area contributed by atoms with Crippen LogP contribution in [0.3, 0.4) is 0 Å². The Labute approximate surface area is 137 Å². The minimum Gasteiger partial charge on any atom is -0.469 e. The summed E-state index contributed by atoms with van der Waals surface area (Å²) < 4.78 is 10.9. The predicted octanol–water partition coefficient (Wildman–Crippen LogP) is 4.65. The molecular weight excluding hydrogens is 304 g/mol. The van der Waals surface area contributed by atoms with Gasteiger partial charge in [0.2, 0.25) is 5.89 Å². The van der Waals surface area contributed by atoms with Crippen molar-refractivity contribution in [3.05, 3.63) is 72.2 Å². The highest BCUT2D eigenvalue weighted by molar-refractivity contribution is 6.04. The molecule has 2 aromatic heterocycles. The smallest absolute Gasteiger partial charge is 0.259 e. The van der Waals surface area contributed by atoms with E-state index in [2.05, 4.69) is 10.3 Å². The van der Waals surface area contributed by atoms with E-state index in [1.54, 1.807) is 13.0 Å². The Morgan fingerprint density at radius 2 is 1.83 bits per heavy atom. The fourth-order valence-electron chi connectivity index (χ4n) is 2.51. The Morgan fingerprint density at radius 1 is 1.04 bits per heavy atom. The maximum atomic E-state index is 12.2. The summed E-state index contributed by atoms with van der Waals surface area (Å²) >= 11 is 0. The highest BCUT2D eigenvalue weighted by Gasteiger charge is 2.12. The number of anilines is 1. The molecule has 5 nitrogen and oxygen atoms in total. The zero-order chi connectivity index (χ0) is 16.5. The number of furan rings is 1. The number of benzene rings is 2. The summed E-state index contributed by atoms with van der Waals surface area (Å²) in [6, 6.07) is 16.6. The molecule has 0 spiro atoms. The van der Waals surface area contributed by atoms with Crippen molar-refractivity contribution in [3.8, 4) is 11.5 Å². The van der Waals surface area contributed by atoms with Gasteiger partial charge in [0.05, 0.1) is 11.8 Å². The van der Waals surface area contributed by atoms with E-state index in [0.29, 0.717) is 22.9 Å². The Hall–Kier alpha value is -3.34. The first-order chi connectivity index (χ1) is 11.7. The van der Waals surface area contributed by atoms with Gasteiger partial charge in [-0.3, -0.25) is 4.79 Å². The summed E-state index contributed by atoms with van der Waals surface area (Å²) in [5, 5.41) is 2.84. The lowest BCUT2D eigenvalue weighted by Gasteiger charge is -2.04. The van der Waals surface area contributed by atoms with E-state index in [9.17, 15) is 4.79 Å². The summed E-state index contributed by atoms with van der Waals surface area (Å²) in [5.41, 5.74) is 3.64. The van der Waals surface area contributed by atoms with Crippen molar-refractivity contribution in [2.75, 3.05) is 5.32 Å². The average molecular weight is 318 g/mol. The van der Waals surface area contributed by atoms with Crippen LogP contribution in [-0.4, -0.2) is 10.9 Å². The van der Waals surface area contributed by atoms with Crippen LogP contribution < -0.4 is 5.32 Å². The predicted molar refractivity (Wildman–Crippen MR) is 90.8 cm³/mol. The average Bonchev–Trinajstić information content (AvgIpc) is 3.21. The normalized spacial score (nSPS) is 10.9. The Morgan fingerprint density at radius 3 is 2.54 bits per heavy atom. The molecule has 4 rings (SSSR count). The molecule has 2 heterocycles. The van der Waals surface area contributed by atoms with Crippen LogP contribution in [0.25, 0.3) is 22.6 Å². The van der Waals surface area contributed by atoms with Gasteiger partial charge in [0.25, 0.3) is 5.91 Å². The number of rotatable bonds is 3. The lowest BCUT2D eigenvalue weighted by Crippen LogP contribution is -2.11. The van der Waals surface area contributed by atoms with Crippen LogP contribution in [0.15, 0.2) is 69.7 Å². The third-order valence-corrected chi connectivity index (χ3v) is 3.79. The molecule has 4 aromatic rings. The number of hydrogen-bond donors (Lipinski definition) is 1. The molecule has 118 valence electrons. The SMILES string of the molecule is Cc1occc1C(=O)Nc1ccc(-c2nc3ccccc3o2)cc1. The highest BCUT2D eigenvalue weighted by Crippen LogP contribution is 2.25. The molecule has 1 N–H and O–H groups in total.